The van der Waals surface area contributed by atoms with E-state index in [1.165, 1.54) is 12.1 Å². The fraction of sp³-hybridized carbons (Fsp3) is 0.562. The Kier molecular flexibility index (Phi) is 5.79. The van der Waals surface area contributed by atoms with Crippen molar-refractivity contribution < 1.29 is 18.0 Å². The Morgan fingerprint density at radius 3 is 2.78 bits per heavy atom. The standard InChI is InChI=1S/C16H20ClF3N2O/c1-2-12-5-3-4-8-22(12)15(23)10-21-11-6-7-14(17)13(9-11)16(18,19)20/h6-7,9,12,21H,2-5,8,10H2,1H3. The average Bonchev–Trinajstić information content (AvgIpc) is 2.52. The molecule has 1 saturated heterocycles. The van der Waals surface area contributed by atoms with Crippen LogP contribution in [0.3, 0.4) is 0 Å². The zero-order valence-corrected chi connectivity index (χ0v) is 13.7. The van der Waals surface area contributed by atoms with Crippen LogP contribution in [-0.2, 0) is 11.0 Å². The SMILES string of the molecule is CCC1CCCCN1C(=O)CNc1ccc(Cl)c(C(F)(F)F)c1. The second-order valence-corrected chi connectivity index (χ2v) is 6.10. The molecule has 1 N–H and O–H groups in total. The van der Waals surface area contributed by atoms with Crippen LogP contribution in [0, 0.1) is 0 Å². The lowest BCUT2D eigenvalue weighted by atomic mass is 10.00. The summed E-state index contributed by atoms with van der Waals surface area (Å²) in [4.78, 5) is 14.1. The maximum Gasteiger partial charge on any atom is 0.417 e. The van der Waals surface area contributed by atoms with Crippen LogP contribution >= 0.6 is 11.6 Å². The Morgan fingerprint density at radius 2 is 2.13 bits per heavy atom. The molecular formula is C16H20ClF3N2O. The molecule has 1 aliphatic heterocycles. The molecule has 7 heteroatoms. The van der Waals surface area contributed by atoms with Gasteiger partial charge in [-0.3, -0.25) is 4.79 Å². The lowest BCUT2D eigenvalue weighted by Crippen LogP contribution is -2.45. The lowest BCUT2D eigenvalue weighted by molar-refractivity contribution is -0.137. The van der Waals surface area contributed by atoms with Gasteiger partial charge >= 0.3 is 6.18 Å². The van der Waals surface area contributed by atoms with Gasteiger partial charge in [0.25, 0.3) is 0 Å². The number of carbonyl (C=O) groups is 1. The van der Waals surface area contributed by atoms with Crippen molar-refractivity contribution in [2.24, 2.45) is 0 Å². The van der Waals surface area contributed by atoms with Gasteiger partial charge in [-0.15, -0.1) is 0 Å². The number of alkyl halides is 3. The number of benzene rings is 1. The smallest absolute Gasteiger partial charge is 0.376 e. The Balaban J connectivity index is 2.01. The lowest BCUT2D eigenvalue weighted by Gasteiger charge is -2.35. The quantitative estimate of drug-likeness (QED) is 0.865. The molecule has 0 spiro atoms. The van der Waals surface area contributed by atoms with Gasteiger partial charge in [-0.05, 0) is 43.9 Å². The normalized spacial score (nSPS) is 18.8. The maximum absolute atomic E-state index is 12.8. The Hall–Kier alpha value is -1.43. The summed E-state index contributed by atoms with van der Waals surface area (Å²) in [7, 11) is 0. The number of nitrogens with one attached hydrogen (secondary N) is 1. The van der Waals surface area contributed by atoms with E-state index in [-0.39, 0.29) is 29.2 Å². The third-order valence-corrected chi connectivity index (χ3v) is 4.46. The van der Waals surface area contributed by atoms with E-state index in [4.69, 9.17) is 11.6 Å². The van der Waals surface area contributed by atoms with E-state index < -0.39 is 11.7 Å². The molecule has 0 saturated carbocycles. The highest BCUT2D eigenvalue weighted by molar-refractivity contribution is 6.31. The molecule has 0 aliphatic carbocycles. The van der Waals surface area contributed by atoms with Gasteiger partial charge in [0, 0.05) is 18.3 Å². The van der Waals surface area contributed by atoms with Crippen LogP contribution in [0.2, 0.25) is 5.02 Å². The first-order valence-electron chi connectivity index (χ1n) is 7.73. The molecule has 1 atom stereocenters. The molecule has 1 amide bonds. The van der Waals surface area contributed by atoms with E-state index in [0.29, 0.717) is 6.54 Å². The topological polar surface area (TPSA) is 32.3 Å². The number of hydrogen-bond donors (Lipinski definition) is 1. The minimum absolute atomic E-state index is 0.0184. The highest BCUT2D eigenvalue weighted by Gasteiger charge is 2.33. The summed E-state index contributed by atoms with van der Waals surface area (Å²) in [6.45, 7) is 2.74. The number of amides is 1. The number of piperidine rings is 1. The first-order valence-corrected chi connectivity index (χ1v) is 8.10. The number of rotatable bonds is 4. The van der Waals surface area contributed by atoms with Crippen LogP contribution in [0.4, 0.5) is 18.9 Å². The van der Waals surface area contributed by atoms with Crippen LogP contribution < -0.4 is 5.32 Å². The number of likely N-dealkylation sites (tertiary alicyclic amines) is 1. The molecule has 0 aromatic heterocycles. The fourth-order valence-electron chi connectivity index (χ4n) is 2.89. The van der Waals surface area contributed by atoms with Gasteiger partial charge in [0.05, 0.1) is 17.1 Å². The van der Waals surface area contributed by atoms with Gasteiger partial charge in [-0.1, -0.05) is 18.5 Å². The van der Waals surface area contributed by atoms with Gasteiger partial charge in [-0.2, -0.15) is 13.2 Å². The van der Waals surface area contributed by atoms with Crippen molar-refractivity contribution in [1.82, 2.24) is 4.90 Å². The van der Waals surface area contributed by atoms with Crippen LogP contribution in [0.15, 0.2) is 18.2 Å². The largest absolute Gasteiger partial charge is 0.417 e. The van der Waals surface area contributed by atoms with Crippen LogP contribution in [0.1, 0.15) is 38.2 Å². The Bertz CT molecular complexity index is 563. The minimum Gasteiger partial charge on any atom is -0.376 e. The summed E-state index contributed by atoms with van der Waals surface area (Å²) in [5.41, 5.74) is -0.666. The summed E-state index contributed by atoms with van der Waals surface area (Å²) in [5.74, 6) is -0.0833. The first-order chi connectivity index (χ1) is 10.8. The number of nitrogens with zero attached hydrogens (tertiary/aromatic N) is 1. The van der Waals surface area contributed by atoms with Crippen LogP contribution in [-0.4, -0.2) is 29.9 Å². The molecule has 1 aliphatic rings. The number of hydrogen-bond acceptors (Lipinski definition) is 2. The summed E-state index contributed by atoms with van der Waals surface area (Å²) in [5, 5.41) is 2.43. The molecule has 1 fully saturated rings. The molecule has 2 rings (SSSR count). The van der Waals surface area contributed by atoms with Crippen molar-refractivity contribution in [2.75, 3.05) is 18.4 Å². The van der Waals surface area contributed by atoms with Crippen LogP contribution in [0.25, 0.3) is 0 Å². The molecule has 128 valence electrons. The molecule has 1 aromatic rings. The number of carbonyl (C=O) groups excluding carboxylic acids is 1. The fourth-order valence-corrected chi connectivity index (χ4v) is 3.11. The molecule has 1 unspecified atom stereocenters. The van der Waals surface area contributed by atoms with E-state index in [9.17, 15) is 18.0 Å². The monoisotopic (exact) mass is 348 g/mol. The van der Waals surface area contributed by atoms with E-state index in [0.717, 1.165) is 31.7 Å². The predicted molar refractivity (Wildman–Crippen MR) is 84.6 cm³/mol. The van der Waals surface area contributed by atoms with E-state index in [2.05, 4.69) is 5.32 Å². The Labute approximate surface area is 138 Å². The van der Waals surface area contributed by atoms with Crippen molar-refractivity contribution in [1.29, 1.82) is 0 Å². The zero-order valence-electron chi connectivity index (χ0n) is 12.9. The van der Waals surface area contributed by atoms with Crippen molar-refractivity contribution in [3.8, 4) is 0 Å². The van der Waals surface area contributed by atoms with Crippen molar-refractivity contribution in [3.05, 3.63) is 28.8 Å². The van der Waals surface area contributed by atoms with Gasteiger partial charge in [0.15, 0.2) is 0 Å². The summed E-state index contributed by atoms with van der Waals surface area (Å²) in [6, 6.07) is 3.79. The second kappa shape index (κ2) is 7.43. The summed E-state index contributed by atoms with van der Waals surface area (Å²) < 4.78 is 38.5. The van der Waals surface area contributed by atoms with Crippen molar-refractivity contribution in [2.45, 2.75) is 44.8 Å². The molecular weight excluding hydrogens is 329 g/mol. The third kappa shape index (κ3) is 4.53. The predicted octanol–water partition coefficient (Wildman–Crippen LogP) is 4.56. The highest BCUT2D eigenvalue weighted by Crippen LogP contribution is 2.36. The highest BCUT2D eigenvalue weighted by atomic mass is 35.5. The molecule has 1 aromatic carbocycles. The minimum atomic E-state index is -4.51. The number of anilines is 1. The van der Waals surface area contributed by atoms with Gasteiger partial charge in [0.1, 0.15) is 0 Å². The first kappa shape index (κ1) is 17.9. The Morgan fingerprint density at radius 1 is 1.39 bits per heavy atom. The molecule has 1 heterocycles. The molecule has 0 bridgehead atoms. The van der Waals surface area contributed by atoms with Crippen LogP contribution in [0.5, 0.6) is 0 Å². The van der Waals surface area contributed by atoms with E-state index >= 15 is 0 Å². The van der Waals surface area contributed by atoms with Gasteiger partial charge in [-0.25, -0.2) is 0 Å². The summed E-state index contributed by atoms with van der Waals surface area (Å²) >= 11 is 5.58. The maximum atomic E-state index is 12.8. The van der Waals surface area contributed by atoms with Gasteiger partial charge < -0.3 is 10.2 Å². The molecule has 23 heavy (non-hydrogen) atoms. The second-order valence-electron chi connectivity index (χ2n) is 5.69. The zero-order chi connectivity index (χ0) is 17.0. The summed E-state index contributed by atoms with van der Waals surface area (Å²) in [6.07, 6.45) is -0.547. The van der Waals surface area contributed by atoms with Crippen molar-refractivity contribution in [3.63, 3.8) is 0 Å². The molecule has 0 radical (unpaired) electrons. The third-order valence-electron chi connectivity index (χ3n) is 4.13. The van der Waals surface area contributed by atoms with Crippen molar-refractivity contribution >= 4 is 23.2 Å². The van der Waals surface area contributed by atoms with E-state index in [1.807, 2.05) is 11.8 Å². The number of halogens is 4. The molecule has 3 nitrogen and oxygen atoms in total. The van der Waals surface area contributed by atoms with Gasteiger partial charge in [0.2, 0.25) is 5.91 Å². The van der Waals surface area contributed by atoms with E-state index in [1.54, 1.807) is 0 Å². The average molecular weight is 349 g/mol.